The minimum Gasteiger partial charge on any atom is -0.468 e. The van der Waals surface area contributed by atoms with Gasteiger partial charge in [-0.05, 0) is 19.1 Å². The number of esters is 1. The Balaban J connectivity index is 3.01. The third-order valence-corrected chi connectivity index (χ3v) is 2.14. The average Bonchev–Trinajstić information content (AvgIpc) is 2.26. The van der Waals surface area contributed by atoms with Crippen LogP contribution < -0.4 is 0 Å². The van der Waals surface area contributed by atoms with Gasteiger partial charge in [-0.25, -0.2) is 8.78 Å². The van der Waals surface area contributed by atoms with E-state index in [1.165, 1.54) is 6.92 Å². The number of hydrogen-bond donors (Lipinski definition) is 0. The number of benzene rings is 1. The lowest BCUT2D eigenvalue weighted by molar-refractivity contribution is -0.143. The van der Waals surface area contributed by atoms with Gasteiger partial charge < -0.3 is 4.74 Å². The fourth-order valence-electron chi connectivity index (χ4n) is 1.21. The molecule has 0 heterocycles. The molecule has 1 unspecified atom stereocenters. The van der Waals surface area contributed by atoms with Gasteiger partial charge in [-0.3, -0.25) is 9.59 Å². The van der Waals surface area contributed by atoms with Gasteiger partial charge in [-0.15, -0.1) is 0 Å². The molecule has 1 rings (SSSR count). The molecule has 0 fully saturated rings. The Kier molecular flexibility index (Phi) is 3.71. The first kappa shape index (κ1) is 12.3. The predicted molar refractivity (Wildman–Crippen MR) is 51.9 cm³/mol. The third kappa shape index (κ3) is 2.42. The predicted octanol–water partition coefficient (Wildman–Crippen LogP) is 1.96. The number of halogens is 2. The summed E-state index contributed by atoms with van der Waals surface area (Å²) in [4.78, 5) is 22.7. The van der Waals surface area contributed by atoms with Crippen molar-refractivity contribution in [3.63, 3.8) is 0 Å². The zero-order valence-corrected chi connectivity index (χ0v) is 8.79. The molecule has 0 spiro atoms. The molecule has 1 aromatic carbocycles. The fourth-order valence-corrected chi connectivity index (χ4v) is 1.21. The summed E-state index contributed by atoms with van der Waals surface area (Å²) in [7, 11) is 1.13. The number of ether oxygens (including phenoxy) is 1. The number of rotatable bonds is 3. The Bertz CT molecular complexity index is 429. The standard InChI is InChI=1S/C11H10F2O3/c1-6(11(15)16-2)10(14)8-4-3-7(12)5-9(8)13/h3-6H,1-2H3. The smallest absolute Gasteiger partial charge is 0.316 e. The van der Waals surface area contributed by atoms with Crippen molar-refractivity contribution in [3.05, 3.63) is 35.4 Å². The van der Waals surface area contributed by atoms with E-state index in [9.17, 15) is 18.4 Å². The molecule has 0 amide bonds. The van der Waals surface area contributed by atoms with Crippen molar-refractivity contribution in [1.82, 2.24) is 0 Å². The molecule has 0 saturated heterocycles. The first-order chi connectivity index (χ1) is 7.47. The first-order valence-corrected chi connectivity index (χ1v) is 4.54. The van der Waals surface area contributed by atoms with Crippen molar-refractivity contribution in [2.24, 2.45) is 5.92 Å². The van der Waals surface area contributed by atoms with Crippen LogP contribution in [0.1, 0.15) is 17.3 Å². The molecule has 0 saturated carbocycles. The van der Waals surface area contributed by atoms with Crippen LogP contribution in [0.3, 0.4) is 0 Å². The summed E-state index contributed by atoms with van der Waals surface area (Å²) in [5.74, 6) is -4.36. The van der Waals surface area contributed by atoms with Gasteiger partial charge in [0, 0.05) is 6.07 Å². The molecular formula is C11H10F2O3. The van der Waals surface area contributed by atoms with E-state index in [4.69, 9.17) is 0 Å². The van der Waals surface area contributed by atoms with Crippen LogP contribution >= 0.6 is 0 Å². The second kappa shape index (κ2) is 4.83. The van der Waals surface area contributed by atoms with Crippen LogP contribution in [0.4, 0.5) is 8.78 Å². The minimum atomic E-state index is -1.11. The molecular weight excluding hydrogens is 218 g/mol. The van der Waals surface area contributed by atoms with Crippen LogP contribution in [-0.4, -0.2) is 18.9 Å². The highest BCUT2D eigenvalue weighted by atomic mass is 19.1. The highest BCUT2D eigenvalue weighted by Crippen LogP contribution is 2.15. The molecule has 0 aliphatic rings. The van der Waals surface area contributed by atoms with Gasteiger partial charge in [0.25, 0.3) is 0 Å². The minimum absolute atomic E-state index is 0.320. The molecule has 0 N–H and O–H groups in total. The molecule has 5 heteroatoms. The first-order valence-electron chi connectivity index (χ1n) is 4.54. The van der Waals surface area contributed by atoms with Gasteiger partial charge >= 0.3 is 5.97 Å². The molecule has 0 radical (unpaired) electrons. The van der Waals surface area contributed by atoms with Gasteiger partial charge in [0.2, 0.25) is 0 Å². The van der Waals surface area contributed by atoms with Gasteiger partial charge in [-0.1, -0.05) is 0 Å². The third-order valence-electron chi connectivity index (χ3n) is 2.14. The van der Waals surface area contributed by atoms with Crippen molar-refractivity contribution >= 4 is 11.8 Å². The van der Waals surface area contributed by atoms with E-state index in [1.807, 2.05) is 0 Å². The molecule has 16 heavy (non-hydrogen) atoms. The highest BCUT2D eigenvalue weighted by Gasteiger charge is 2.25. The van der Waals surface area contributed by atoms with Crippen molar-refractivity contribution < 1.29 is 23.1 Å². The topological polar surface area (TPSA) is 43.4 Å². The van der Waals surface area contributed by atoms with Crippen LogP contribution in [-0.2, 0) is 9.53 Å². The normalized spacial score (nSPS) is 12.0. The Morgan fingerprint density at radius 1 is 1.31 bits per heavy atom. The lowest BCUT2D eigenvalue weighted by Gasteiger charge is -2.08. The van der Waals surface area contributed by atoms with Gasteiger partial charge in [0.1, 0.15) is 17.6 Å². The summed E-state index contributed by atoms with van der Waals surface area (Å²) in [5, 5.41) is 0. The molecule has 1 aromatic rings. The quantitative estimate of drug-likeness (QED) is 0.451. The summed E-state index contributed by atoms with van der Waals surface area (Å²) in [6, 6.07) is 2.56. The maximum absolute atomic E-state index is 13.2. The maximum atomic E-state index is 13.2. The number of hydrogen-bond acceptors (Lipinski definition) is 3. The van der Waals surface area contributed by atoms with E-state index in [0.29, 0.717) is 6.07 Å². The summed E-state index contributed by atoms with van der Waals surface area (Å²) in [5.41, 5.74) is -0.320. The molecule has 0 aliphatic heterocycles. The van der Waals surface area contributed by atoms with E-state index in [0.717, 1.165) is 19.2 Å². The van der Waals surface area contributed by atoms with Gasteiger partial charge in [0.05, 0.1) is 12.7 Å². The monoisotopic (exact) mass is 228 g/mol. The average molecular weight is 228 g/mol. The van der Waals surface area contributed by atoms with Crippen LogP contribution in [0, 0.1) is 17.6 Å². The second-order valence-corrected chi connectivity index (χ2v) is 3.23. The van der Waals surface area contributed by atoms with E-state index in [-0.39, 0.29) is 5.56 Å². The fraction of sp³-hybridized carbons (Fsp3) is 0.273. The van der Waals surface area contributed by atoms with Crippen molar-refractivity contribution in [2.45, 2.75) is 6.92 Å². The largest absolute Gasteiger partial charge is 0.468 e. The zero-order chi connectivity index (χ0) is 12.3. The van der Waals surface area contributed by atoms with E-state index in [2.05, 4.69) is 4.74 Å². The Hall–Kier alpha value is -1.78. The number of Topliss-reactive ketones (excluding diaryl/α,β-unsaturated/α-hetero) is 1. The van der Waals surface area contributed by atoms with E-state index < -0.39 is 29.3 Å². The Labute approximate surface area is 91.0 Å². The summed E-state index contributed by atoms with van der Waals surface area (Å²) in [6.07, 6.45) is 0. The lowest BCUT2D eigenvalue weighted by atomic mass is 9.99. The number of carbonyl (C=O) groups is 2. The number of methoxy groups -OCH3 is 1. The molecule has 3 nitrogen and oxygen atoms in total. The Morgan fingerprint density at radius 3 is 2.44 bits per heavy atom. The maximum Gasteiger partial charge on any atom is 0.316 e. The van der Waals surface area contributed by atoms with Crippen molar-refractivity contribution in [1.29, 1.82) is 0 Å². The van der Waals surface area contributed by atoms with Crippen LogP contribution in [0.15, 0.2) is 18.2 Å². The summed E-state index contributed by atoms with van der Waals surface area (Å²) in [6.45, 7) is 1.30. The van der Waals surface area contributed by atoms with Crippen molar-refractivity contribution in [2.75, 3.05) is 7.11 Å². The molecule has 0 aromatic heterocycles. The number of carbonyl (C=O) groups excluding carboxylic acids is 2. The highest BCUT2D eigenvalue weighted by molar-refractivity contribution is 6.08. The SMILES string of the molecule is COC(=O)C(C)C(=O)c1ccc(F)cc1F. The van der Waals surface area contributed by atoms with Crippen LogP contribution in [0.25, 0.3) is 0 Å². The van der Waals surface area contributed by atoms with E-state index >= 15 is 0 Å². The second-order valence-electron chi connectivity index (χ2n) is 3.23. The van der Waals surface area contributed by atoms with Crippen LogP contribution in [0.2, 0.25) is 0 Å². The number of ketones is 1. The van der Waals surface area contributed by atoms with Crippen molar-refractivity contribution in [3.8, 4) is 0 Å². The molecule has 0 bridgehead atoms. The summed E-state index contributed by atoms with van der Waals surface area (Å²) >= 11 is 0. The molecule has 1 atom stereocenters. The lowest BCUT2D eigenvalue weighted by Crippen LogP contribution is -2.23. The van der Waals surface area contributed by atoms with Crippen LogP contribution in [0.5, 0.6) is 0 Å². The van der Waals surface area contributed by atoms with Gasteiger partial charge in [0.15, 0.2) is 5.78 Å². The van der Waals surface area contributed by atoms with Gasteiger partial charge in [-0.2, -0.15) is 0 Å². The molecule has 0 aliphatic carbocycles. The summed E-state index contributed by atoms with van der Waals surface area (Å²) < 4.78 is 30.2. The molecule has 86 valence electrons. The Morgan fingerprint density at radius 2 is 1.94 bits per heavy atom. The van der Waals surface area contributed by atoms with E-state index in [1.54, 1.807) is 0 Å². The zero-order valence-electron chi connectivity index (χ0n) is 8.79.